The number of hydrogen-bond donors (Lipinski definition) is 2. The maximum Gasteiger partial charge on any atom is 0.335 e. The number of carbonyl (C=O) groups excluding carboxylic acids is 1. The molecule has 2 aliphatic rings. The number of nitrogens with one attached hydrogen (secondary N) is 1. The van der Waals surface area contributed by atoms with Crippen LogP contribution in [0.1, 0.15) is 44.2 Å². The number of methoxy groups -OCH3 is 1. The molecule has 0 radical (unpaired) electrons. The Morgan fingerprint density at radius 1 is 1.44 bits per heavy atom. The summed E-state index contributed by atoms with van der Waals surface area (Å²) in [5.74, 6) is 0.0793. The summed E-state index contributed by atoms with van der Waals surface area (Å²) in [6, 6.07) is 1.85. The molecule has 0 aliphatic heterocycles. The molecule has 0 saturated heterocycles. The minimum absolute atomic E-state index is 0.0692. The van der Waals surface area contributed by atoms with E-state index in [-0.39, 0.29) is 30.1 Å². The van der Waals surface area contributed by atoms with Gasteiger partial charge < -0.3 is 15.2 Å². The van der Waals surface area contributed by atoms with Gasteiger partial charge in [-0.1, -0.05) is 0 Å². The minimum Gasteiger partial charge on any atom is -0.466 e. The molecular weight excluding hydrogens is 326 g/mol. The van der Waals surface area contributed by atoms with Gasteiger partial charge in [0, 0.05) is 12.0 Å². The van der Waals surface area contributed by atoms with E-state index in [0.29, 0.717) is 24.3 Å². The number of hydrogen-bond acceptors (Lipinski definition) is 6. The Hall–Kier alpha value is -2.42. The standard InChI is InChI=1S/C16H21N5O4/c1-16(24)6-10(7-16)17-13(22)8-20-14(23)12-5-11(9-3-4-9)18-21(12)15(19-20)25-2/h5,9-10,24H,3-4,6-8H2,1-2H3,(H,17,22)/t10-,16+. The zero-order valence-corrected chi connectivity index (χ0v) is 14.2. The van der Waals surface area contributed by atoms with E-state index >= 15 is 0 Å². The van der Waals surface area contributed by atoms with Gasteiger partial charge in [-0.25, -0.2) is 4.68 Å². The van der Waals surface area contributed by atoms with Crippen molar-refractivity contribution in [2.45, 2.75) is 56.7 Å². The van der Waals surface area contributed by atoms with Crippen molar-refractivity contribution in [1.82, 2.24) is 24.7 Å². The second-order valence-electron chi connectivity index (χ2n) is 7.26. The summed E-state index contributed by atoms with van der Waals surface area (Å²) in [7, 11) is 1.45. The van der Waals surface area contributed by atoms with Crippen LogP contribution in [0.3, 0.4) is 0 Å². The summed E-state index contributed by atoms with van der Waals surface area (Å²) in [4.78, 5) is 24.8. The fourth-order valence-electron chi connectivity index (χ4n) is 3.35. The highest BCUT2D eigenvalue weighted by Crippen LogP contribution is 2.39. The Kier molecular flexibility index (Phi) is 3.57. The maximum atomic E-state index is 12.6. The third-order valence-corrected chi connectivity index (χ3v) is 4.78. The van der Waals surface area contributed by atoms with Crippen LogP contribution in [-0.2, 0) is 11.3 Å². The molecule has 0 bridgehead atoms. The predicted molar refractivity (Wildman–Crippen MR) is 87.6 cm³/mol. The monoisotopic (exact) mass is 347 g/mol. The summed E-state index contributed by atoms with van der Waals surface area (Å²) in [5.41, 5.74) is 0.117. The van der Waals surface area contributed by atoms with Crippen molar-refractivity contribution < 1.29 is 14.6 Å². The molecule has 2 saturated carbocycles. The smallest absolute Gasteiger partial charge is 0.335 e. The highest BCUT2D eigenvalue weighted by molar-refractivity contribution is 5.76. The number of fused-ring (bicyclic) bond motifs is 1. The van der Waals surface area contributed by atoms with Gasteiger partial charge >= 0.3 is 6.01 Å². The summed E-state index contributed by atoms with van der Waals surface area (Å²) in [5, 5.41) is 21.0. The van der Waals surface area contributed by atoms with E-state index in [0.717, 1.165) is 23.2 Å². The molecule has 134 valence electrons. The molecule has 2 N–H and O–H groups in total. The number of aliphatic hydroxyl groups is 1. The summed E-state index contributed by atoms with van der Waals surface area (Å²) in [6.45, 7) is 1.53. The molecule has 0 unspecified atom stereocenters. The second kappa shape index (κ2) is 5.55. The van der Waals surface area contributed by atoms with Gasteiger partial charge in [0.05, 0.1) is 18.4 Å². The highest BCUT2D eigenvalue weighted by atomic mass is 16.5. The normalized spacial score (nSPS) is 25.6. The fraction of sp³-hybridized carbons (Fsp3) is 0.625. The van der Waals surface area contributed by atoms with Gasteiger partial charge in [-0.15, -0.1) is 5.10 Å². The number of nitrogens with zero attached hydrogens (tertiary/aromatic N) is 4. The maximum absolute atomic E-state index is 12.6. The van der Waals surface area contributed by atoms with E-state index in [4.69, 9.17) is 4.74 Å². The van der Waals surface area contributed by atoms with Crippen LogP contribution < -0.4 is 15.6 Å². The van der Waals surface area contributed by atoms with E-state index in [1.807, 2.05) is 0 Å². The average molecular weight is 347 g/mol. The van der Waals surface area contributed by atoms with Gasteiger partial charge in [0.1, 0.15) is 12.1 Å². The third-order valence-electron chi connectivity index (χ3n) is 4.78. The van der Waals surface area contributed by atoms with Crippen LogP contribution in [0.25, 0.3) is 5.52 Å². The number of amides is 1. The van der Waals surface area contributed by atoms with Crippen LogP contribution in [0.2, 0.25) is 0 Å². The van der Waals surface area contributed by atoms with Gasteiger partial charge in [-0.05, 0) is 38.7 Å². The average Bonchev–Trinajstić information content (AvgIpc) is 3.27. The zero-order valence-electron chi connectivity index (χ0n) is 14.2. The van der Waals surface area contributed by atoms with Crippen molar-refractivity contribution in [1.29, 1.82) is 0 Å². The lowest BCUT2D eigenvalue weighted by molar-refractivity contribution is -0.125. The second-order valence-corrected chi connectivity index (χ2v) is 7.26. The lowest BCUT2D eigenvalue weighted by atomic mass is 9.77. The van der Waals surface area contributed by atoms with E-state index in [1.54, 1.807) is 13.0 Å². The Bertz CT molecular complexity index is 888. The minimum atomic E-state index is -0.716. The Morgan fingerprint density at radius 3 is 2.76 bits per heavy atom. The lowest BCUT2D eigenvalue weighted by Gasteiger charge is -2.41. The molecule has 9 heteroatoms. The van der Waals surface area contributed by atoms with E-state index in [1.165, 1.54) is 11.6 Å². The Morgan fingerprint density at radius 2 is 2.16 bits per heavy atom. The Labute approximate surface area is 143 Å². The largest absolute Gasteiger partial charge is 0.466 e. The van der Waals surface area contributed by atoms with E-state index < -0.39 is 5.60 Å². The summed E-state index contributed by atoms with van der Waals surface area (Å²) < 4.78 is 7.72. The van der Waals surface area contributed by atoms with E-state index in [9.17, 15) is 14.7 Å². The molecule has 0 aromatic carbocycles. The van der Waals surface area contributed by atoms with Crippen LogP contribution in [0.4, 0.5) is 0 Å². The first-order valence-corrected chi connectivity index (χ1v) is 8.43. The molecule has 2 aliphatic carbocycles. The quantitative estimate of drug-likeness (QED) is 0.775. The molecule has 0 atom stereocenters. The SMILES string of the molecule is COc1nn(CC(=O)N[C@H]2C[C@@](C)(O)C2)c(=O)c2cc(C3CC3)nn12. The Balaban J connectivity index is 1.57. The molecule has 2 heterocycles. The van der Waals surface area contributed by atoms with Crippen molar-refractivity contribution in [2.24, 2.45) is 0 Å². The van der Waals surface area contributed by atoms with Crippen LogP contribution in [-0.4, -0.2) is 49.2 Å². The predicted octanol–water partition coefficient (Wildman–Crippen LogP) is -0.193. The summed E-state index contributed by atoms with van der Waals surface area (Å²) in [6.07, 6.45) is 3.16. The van der Waals surface area contributed by atoms with Gasteiger partial charge in [-0.3, -0.25) is 9.59 Å². The molecule has 2 aromatic rings. The van der Waals surface area contributed by atoms with Crippen molar-refractivity contribution in [2.75, 3.05) is 7.11 Å². The van der Waals surface area contributed by atoms with Gasteiger partial charge in [-0.2, -0.15) is 9.61 Å². The van der Waals surface area contributed by atoms with Crippen LogP contribution >= 0.6 is 0 Å². The van der Waals surface area contributed by atoms with Crippen LogP contribution in [0.5, 0.6) is 6.01 Å². The molecule has 2 aromatic heterocycles. The lowest BCUT2D eigenvalue weighted by Crippen LogP contribution is -2.54. The van der Waals surface area contributed by atoms with E-state index in [2.05, 4.69) is 15.5 Å². The van der Waals surface area contributed by atoms with Crippen molar-refractivity contribution in [3.63, 3.8) is 0 Å². The number of rotatable bonds is 5. The van der Waals surface area contributed by atoms with Gasteiger partial charge in [0.2, 0.25) is 5.91 Å². The number of carbonyl (C=O) groups is 1. The molecule has 2 fully saturated rings. The number of ether oxygens (including phenoxy) is 1. The molecule has 0 spiro atoms. The first-order valence-electron chi connectivity index (χ1n) is 8.43. The first kappa shape index (κ1) is 16.1. The van der Waals surface area contributed by atoms with Gasteiger partial charge in [0.25, 0.3) is 5.56 Å². The first-order chi connectivity index (χ1) is 11.9. The fourth-order valence-corrected chi connectivity index (χ4v) is 3.35. The molecule has 9 nitrogen and oxygen atoms in total. The molecule has 25 heavy (non-hydrogen) atoms. The molecule has 4 rings (SSSR count). The van der Waals surface area contributed by atoms with Crippen LogP contribution in [0, 0.1) is 0 Å². The van der Waals surface area contributed by atoms with Crippen LogP contribution in [0.15, 0.2) is 10.9 Å². The molecule has 1 amide bonds. The summed E-state index contributed by atoms with van der Waals surface area (Å²) >= 11 is 0. The topological polar surface area (TPSA) is 111 Å². The van der Waals surface area contributed by atoms with Crippen molar-refractivity contribution >= 4 is 11.4 Å². The third kappa shape index (κ3) is 2.99. The van der Waals surface area contributed by atoms with Crippen molar-refractivity contribution in [3.05, 3.63) is 22.1 Å². The molecular formula is C16H21N5O4. The zero-order chi connectivity index (χ0) is 17.8. The van der Waals surface area contributed by atoms with Crippen molar-refractivity contribution in [3.8, 4) is 6.01 Å². The highest BCUT2D eigenvalue weighted by Gasteiger charge is 2.39. The number of aromatic nitrogens is 4. The van der Waals surface area contributed by atoms with Gasteiger partial charge in [0.15, 0.2) is 0 Å².